The van der Waals surface area contributed by atoms with E-state index in [9.17, 15) is 9.18 Å². The summed E-state index contributed by atoms with van der Waals surface area (Å²) in [7, 11) is 2.05. The molecule has 28 heavy (non-hydrogen) atoms. The van der Waals surface area contributed by atoms with Crippen LogP contribution in [0, 0.1) is 5.82 Å². The van der Waals surface area contributed by atoms with Gasteiger partial charge in [0.15, 0.2) is 0 Å². The Labute approximate surface area is 165 Å². The van der Waals surface area contributed by atoms with Crippen molar-refractivity contribution >= 4 is 16.9 Å². The molecule has 0 aliphatic carbocycles. The molecule has 0 unspecified atom stereocenters. The first-order chi connectivity index (χ1) is 13.4. The first-order valence-corrected chi connectivity index (χ1v) is 9.84. The van der Waals surface area contributed by atoms with Crippen LogP contribution in [-0.4, -0.2) is 33.4 Å². The van der Waals surface area contributed by atoms with Gasteiger partial charge in [0.25, 0.3) is 0 Å². The molecular formula is C23H26FN3O. The first kappa shape index (κ1) is 18.7. The summed E-state index contributed by atoms with van der Waals surface area (Å²) < 4.78 is 15.4. The summed E-state index contributed by atoms with van der Waals surface area (Å²) in [5.41, 5.74) is 2.26. The number of piperidine rings is 1. The summed E-state index contributed by atoms with van der Waals surface area (Å²) >= 11 is 0. The van der Waals surface area contributed by atoms with E-state index in [0.29, 0.717) is 6.54 Å². The molecule has 0 radical (unpaired) electrons. The molecule has 3 aromatic rings. The van der Waals surface area contributed by atoms with Gasteiger partial charge in [0.2, 0.25) is 5.91 Å². The molecule has 0 spiro atoms. The minimum Gasteiger partial charge on any atom is -0.341 e. The quantitative estimate of drug-likeness (QED) is 0.677. The summed E-state index contributed by atoms with van der Waals surface area (Å²) in [4.78, 5) is 20.1. The number of fused-ring (bicyclic) bond motifs is 1. The Morgan fingerprint density at radius 2 is 1.86 bits per heavy atom. The third-order valence-electron chi connectivity index (χ3n) is 6.00. The van der Waals surface area contributed by atoms with Crippen molar-refractivity contribution in [3.05, 3.63) is 65.7 Å². The molecule has 1 aromatic heterocycles. The molecular weight excluding hydrogens is 353 g/mol. The number of hydrogen-bond acceptors (Lipinski definition) is 2. The van der Waals surface area contributed by atoms with E-state index in [1.807, 2.05) is 44.0 Å². The lowest BCUT2D eigenvalue weighted by atomic mass is 9.82. The van der Waals surface area contributed by atoms with Crippen LogP contribution in [0.3, 0.4) is 0 Å². The lowest BCUT2D eigenvalue weighted by Crippen LogP contribution is -2.47. The molecule has 0 saturated carbocycles. The minimum absolute atomic E-state index is 0.0857. The molecule has 2 heterocycles. The Bertz CT molecular complexity index is 1010. The average molecular weight is 379 g/mol. The predicted molar refractivity (Wildman–Crippen MR) is 109 cm³/mol. The van der Waals surface area contributed by atoms with Gasteiger partial charge in [0.05, 0.1) is 16.4 Å². The van der Waals surface area contributed by atoms with E-state index in [0.717, 1.165) is 41.8 Å². The van der Waals surface area contributed by atoms with E-state index in [4.69, 9.17) is 4.98 Å². The second-order valence-electron chi connectivity index (χ2n) is 8.24. The maximum absolute atomic E-state index is 13.3. The van der Waals surface area contributed by atoms with Crippen molar-refractivity contribution in [3.63, 3.8) is 0 Å². The number of aromatic nitrogens is 2. The molecule has 1 aliphatic heterocycles. The van der Waals surface area contributed by atoms with Crippen molar-refractivity contribution < 1.29 is 9.18 Å². The van der Waals surface area contributed by atoms with Gasteiger partial charge < -0.3 is 9.47 Å². The van der Waals surface area contributed by atoms with Gasteiger partial charge in [0.1, 0.15) is 11.6 Å². The standard InChI is InChI=1S/C23H26FN3O/c1-23(2,17-10-12-18(24)13-11-17)22(28)27-14-6-7-16(15-27)21-25-19-8-4-5-9-20(19)26(21)3/h4-5,8-13,16H,6-7,14-15H2,1-3H3/t16-/m1/s1. The van der Waals surface area contributed by atoms with E-state index in [2.05, 4.69) is 10.6 Å². The minimum atomic E-state index is -0.693. The highest BCUT2D eigenvalue weighted by atomic mass is 19.1. The van der Waals surface area contributed by atoms with Crippen LogP contribution >= 0.6 is 0 Å². The van der Waals surface area contributed by atoms with Crippen molar-refractivity contribution in [2.24, 2.45) is 7.05 Å². The lowest BCUT2D eigenvalue weighted by Gasteiger charge is -2.37. The zero-order valence-corrected chi connectivity index (χ0v) is 16.7. The molecule has 1 atom stereocenters. The molecule has 0 bridgehead atoms. The number of amides is 1. The molecule has 1 aliphatic rings. The van der Waals surface area contributed by atoms with Gasteiger partial charge in [-0.1, -0.05) is 24.3 Å². The number of para-hydroxylation sites is 2. The second-order valence-corrected chi connectivity index (χ2v) is 8.24. The maximum Gasteiger partial charge on any atom is 0.232 e. The SMILES string of the molecule is Cn1c([C@@H]2CCCN(C(=O)C(C)(C)c3ccc(F)cc3)C2)nc2ccccc21. The number of rotatable bonds is 3. The molecule has 2 aromatic carbocycles. The van der Waals surface area contributed by atoms with Crippen LogP contribution in [0.15, 0.2) is 48.5 Å². The summed E-state index contributed by atoms with van der Waals surface area (Å²) in [6, 6.07) is 14.4. The highest BCUT2D eigenvalue weighted by molar-refractivity contribution is 5.87. The number of hydrogen-bond donors (Lipinski definition) is 0. The van der Waals surface area contributed by atoms with E-state index in [1.54, 1.807) is 12.1 Å². The van der Waals surface area contributed by atoms with E-state index in [-0.39, 0.29) is 17.6 Å². The highest BCUT2D eigenvalue weighted by Gasteiger charge is 2.37. The molecule has 1 saturated heterocycles. The summed E-state index contributed by atoms with van der Waals surface area (Å²) in [6.07, 6.45) is 1.98. The number of nitrogens with zero attached hydrogens (tertiary/aromatic N) is 3. The van der Waals surface area contributed by atoms with Crippen molar-refractivity contribution in [1.29, 1.82) is 0 Å². The van der Waals surface area contributed by atoms with E-state index >= 15 is 0 Å². The molecule has 4 nitrogen and oxygen atoms in total. The van der Waals surface area contributed by atoms with Crippen molar-refractivity contribution in [2.75, 3.05) is 13.1 Å². The number of benzene rings is 2. The number of imidazole rings is 1. The Balaban J connectivity index is 1.58. The summed E-state index contributed by atoms with van der Waals surface area (Å²) in [6.45, 7) is 5.26. The fraction of sp³-hybridized carbons (Fsp3) is 0.391. The molecule has 5 heteroatoms. The zero-order chi connectivity index (χ0) is 19.9. The van der Waals surface area contributed by atoms with Gasteiger partial charge in [-0.3, -0.25) is 4.79 Å². The summed E-state index contributed by atoms with van der Waals surface area (Å²) in [5.74, 6) is 1.06. The molecule has 1 amide bonds. The smallest absolute Gasteiger partial charge is 0.232 e. The Kier molecular flexibility index (Phi) is 4.69. The molecule has 146 valence electrons. The highest BCUT2D eigenvalue weighted by Crippen LogP contribution is 2.32. The second kappa shape index (κ2) is 7.04. The Hall–Kier alpha value is -2.69. The molecule has 4 rings (SSSR count). The number of halogens is 1. The van der Waals surface area contributed by atoms with Crippen LogP contribution in [0.25, 0.3) is 11.0 Å². The van der Waals surface area contributed by atoms with Gasteiger partial charge in [0, 0.05) is 26.1 Å². The fourth-order valence-corrected chi connectivity index (χ4v) is 4.29. The number of likely N-dealkylation sites (tertiary alicyclic amines) is 1. The van der Waals surface area contributed by atoms with E-state index < -0.39 is 5.41 Å². The van der Waals surface area contributed by atoms with Gasteiger partial charge in [-0.15, -0.1) is 0 Å². The van der Waals surface area contributed by atoms with E-state index in [1.165, 1.54) is 12.1 Å². The Morgan fingerprint density at radius 1 is 1.14 bits per heavy atom. The van der Waals surface area contributed by atoms with Crippen molar-refractivity contribution in [1.82, 2.24) is 14.5 Å². The zero-order valence-electron chi connectivity index (χ0n) is 16.7. The summed E-state index contributed by atoms with van der Waals surface area (Å²) in [5, 5.41) is 0. The van der Waals surface area contributed by atoms with Crippen LogP contribution in [0.2, 0.25) is 0 Å². The lowest BCUT2D eigenvalue weighted by molar-refractivity contribution is -0.137. The number of carbonyl (C=O) groups is 1. The predicted octanol–water partition coefficient (Wildman–Crippen LogP) is 4.40. The average Bonchev–Trinajstić information content (AvgIpc) is 3.05. The topological polar surface area (TPSA) is 38.1 Å². The largest absolute Gasteiger partial charge is 0.341 e. The van der Waals surface area contributed by atoms with Crippen LogP contribution in [0.4, 0.5) is 4.39 Å². The van der Waals surface area contributed by atoms with Crippen LogP contribution in [-0.2, 0) is 17.3 Å². The van der Waals surface area contributed by atoms with Gasteiger partial charge in [-0.05, 0) is 56.5 Å². The first-order valence-electron chi connectivity index (χ1n) is 9.84. The van der Waals surface area contributed by atoms with Gasteiger partial charge in [-0.25, -0.2) is 9.37 Å². The number of aryl methyl sites for hydroxylation is 1. The normalized spacial score (nSPS) is 17.9. The molecule has 0 N–H and O–H groups in total. The van der Waals surface area contributed by atoms with Crippen molar-refractivity contribution in [3.8, 4) is 0 Å². The van der Waals surface area contributed by atoms with Gasteiger partial charge in [-0.2, -0.15) is 0 Å². The third kappa shape index (κ3) is 3.19. The molecule has 1 fully saturated rings. The maximum atomic E-state index is 13.3. The third-order valence-corrected chi connectivity index (χ3v) is 6.00. The van der Waals surface area contributed by atoms with Crippen LogP contribution < -0.4 is 0 Å². The van der Waals surface area contributed by atoms with Crippen LogP contribution in [0.5, 0.6) is 0 Å². The fourth-order valence-electron chi connectivity index (χ4n) is 4.29. The Morgan fingerprint density at radius 3 is 2.57 bits per heavy atom. The van der Waals surface area contributed by atoms with Crippen LogP contribution in [0.1, 0.15) is 44.0 Å². The number of carbonyl (C=O) groups excluding carboxylic acids is 1. The van der Waals surface area contributed by atoms with Gasteiger partial charge >= 0.3 is 0 Å². The monoisotopic (exact) mass is 379 g/mol. The van der Waals surface area contributed by atoms with Crippen molar-refractivity contribution in [2.45, 2.75) is 38.0 Å².